The minimum atomic E-state index is 0.748. The Hall–Kier alpha value is -1.78. The van der Waals surface area contributed by atoms with Crippen molar-refractivity contribution in [1.82, 2.24) is 4.98 Å². The van der Waals surface area contributed by atoms with Gasteiger partial charge in [-0.25, -0.2) is 0 Å². The molecule has 0 aliphatic carbocycles. The lowest BCUT2D eigenvalue weighted by atomic mass is 10.0. The molecule has 122 valence electrons. The molecule has 0 spiro atoms. The summed E-state index contributed by atoms with van der Waals surface area (Å²) in [6, 6.07) is 6.43. The van der Waals surface area contributed by atoms with Crippen LogP contribution < -0.4 is 10.5 Å². The number of methoxy groups -OCH3 is 1. The summed E-state index contributed by atoms with van der Waals surface area (Å²) in [6.07, 6.45) is 3.20. The number of thiophene rings is 1. The van der Waals surface area contributed by atoms with Gasteiger partial charge in [-0.3, -0.25) is 0 Å². The predicted molar refractivity (Wildman–Crippen MR) is 99.6 cm³/mol. The van der Waals surface area contributed by atoms with E-state index in [4.69, 9.17) is 10.5 Å². The van der Waals surface area contributed by atoms with Crippen LogP contribution in [0, 0.1) is 13.8 Å². The van der Waals surface area contributed by atoms with Gasteiger partial charge in [0.2, 0.25) is 0 Å². The summed E-state index contributed by atoms with van der Waals surface area (Å²) in [4.78, 5) is 5.01. The molecule has 0 fully saturated rings. The first-order valence-corrected chi connectivity index (χ1v) is 8.97. The fraction of sp³-hybridized carbons (Fsp3) is 0.368. The minimum Gasteiger partial charge on any atom is -0.497 e. The number of aromatic amines is 1. The predicted octanol–water partition coefficient (Wildman–Crippen LogP) is 4.80. The number of benzene rings is 1. The molecule has 3 rings (SSSR count). The molecular weight excluding hydrogens is 304 g/mol. The largest absolute Gasteiger partial charge is 0.497 e. The second-order valence-electron chi connectivity index (χ2n) is 6.02. The minimum absolute atomic E-state index is 0.748. The van der Waals surface area contributed by atoms with Crippen molar-refractivity contribution < 1.29 is 4.74 Å². The quantitative estimate of drug-likeness (QED) is 0.638. The number of ether oxygens (including phenoxy) is 1. The van der Waals surface area contributed by atoms with Crippen LogP contribution in [0.25, 0.3) is 21.5 Å². The Kier molecular flexibility index (Phi) is 4.74. The summed E-state index contributed by atoms with van der Waals surface area (Å²) < 4.78 is 5.48. The number of nitrogens with two attached hydrogens (primary N) is 1. The van der Waals surface area contributed by atoms with Gasteiger partial charge >= 0.3 is 0 Å². The second kappa shape index (κ2) is 6.77. The Morgan fingerprint density at radius 1 is 1.17 bits per heavy atom. The number of aryl methyl sites for hydroxylation is 3. The Morgan fingerprint density at radius 2 is 2.00 bits per heavy atom. The molecule has 3 aromatic rings. The molecule has 2 aromatic heterocycles. The van der Waals surface area contributed by atoms with Gasteiger partial charge in [0.1, 0.15) is 5.75 Å². The molecule has 1 aromatic carbocycles. The van der Waals surface area contributed by atoms with Gasteiger partial charge in [-0.15, -0.1) is 11.3 Å². The fourth-order valence-corrected chi connectivity index (χ4v) is 4.09. The molecule has 0 saturated carbocycles. The lowest BCUT2D eigenvalue weighted by molar-refractivity contribution is 0.415. The molecule has 2 heterocycles. The van der Waals surface area contributed by atoms with E-state index in [2.05, 4.69) is 42.4 Å². The topological polar surface area (TPSA) is 51.0 Å². The van der Waals surface area contributed by atoms with E-state index in [0.29, 0.717) is 0 Å². The van der Waals surface area contributed by atoms with Crippen LogP contribution in [0.1, 0.15) is 29.5 Å². The van der Waals surface area contributed by atoms with Crippen molar-refractivity contribution in [2.24, 2.45) is 5.73 Å². The van der Waals surface area contributed by atoms with E-state index in [9.17, 15) is 0 Å². The van der Waals surface area contributed by atoms with Gasteiger partial charge in [0, 0.05) is 10.9 Å². The third-order valence-electron chi connectivity index (χ3n) is 4.39. The fourth-order valence-electron chi connectivity index (χ4n) is 3.14. The second-order valence-corrected chi connectivity index (χ2v) is 6.94. The molecule has 0 bridgehead atoms. The monoisotopic (exact) mass is 328 g/mol. The first kappa shape index (κ1) is 16.1. The lowest BCUT2D eigenvalue weighted by Gasteiger charge is -2.06. The number of hydrogen-bond acceptors (Lipinski definition) is 3. The van der Waals surface area contributed by atoms with E-state index in [0.717, 1.165) is 31.6 Å². The van der Waals surface area contributed by atoms with Crippen LogP contribution in [-0.2, 0) is 6.42 Å². The van der Waals surface area contributed by atoms with Gasteiger partial charge in [-0.1, -0.05) is 0 Å². The van der Waals surface area contributed by atoms with Crippen LogP contribution in [0.4, 0.5) is 0 Å². The molecule has 3 N–H and O–H groups in total. The zero-order valence-corrected chi connectivity index (χ0v) is 14.8. The molecule has 0 radical (unpaired) electrons. The average Bonchev–Trinajstić information content (AvgIpc) is 3.11. The van der Waals surface area contributed by atoms with Crippen molar-refractivity contribution in [3.8, 4) is 16.3 Å². The number of unbranched alkanes of at least 4 members (excludes halogenated alkanes) is 1. The molecule has 4 heteroatoms. The molecule has 0 atom stereocenters. The summed E-state index contributed by atoms with van der Waals surface area (Å²) in [5.74, 6) is 0.920. The van der Waals surface area contributed by atoms with Gasteiger partial charge in [0.25, 0.3) is 0 Å². The van der Waals surface area contributed by atoms with Crippen LogP contribution in [0.2, 0.25) is 0 Å². The lowest BCUT2D eigenvalue weighted by Crippen LogP contribution is -1.99. The van der Waals surface area contributed by atoms with Gasteiger partial charge < -0.3 is 15.5 Å². The summed E-state index contributed by atoms with van der Waals surface area (Å²) in [6.45, 7) is 5.06. The molecule has 3 nitrogen and oxygen atoms in total. The van der Waals surface area contributed by atoms with E-state index in [1.54, 1.807) is 18.4 Å². The molecule has 0 amide bonds. The van der Waals surface area contributed by atoms with Gasteiger partial charge in [0.05, 0.1) is 17.7 Å². The van der Waals surface area contributed by atoms with Gasteiger partial charge in [-0.05, 0) is 79.9 Å². The van der Waals surface area contributed by atoms with Crippen molar-refractivity contribution in [2.75, 3.05) is 13.7 Å². The van der Waals surface area contributed by atoms with Crippen LogP contribution in [0.5, 0.6) is 5.75 Å². The van der Waals surface area contributed by atoms with E-state index >= 15 is 0 Å². The first-order valence-electron chi connectivity index (χ1n) is 8.09. The number of H-pyrrole nitrogens is 1. The molecule has 23 heavy (non-hydrogen) atoms. The highest BCUT2D eigenvalue weighted by Gasteiger charge is 2.17. The van der Waals surface area contributed by atoms with Crippen molar-refractivity contribution >= 4 is 22.2 Å². The molecule has 0 aliphatic rings. The van der Waals surface area contributed by atoms with Crippen molar-refractivity contribution in [3.63, 3.8) is 0 Å². The third kappa shape index (κ3) is 3.01. The maximum absolute atomic E-state index is 5.68. The molecule has 0 saturated heterocycles. The van der Waals surface area contributed by atoms with Crippen LogP contribution in [-0.4, -0.2) is 18.6 Å². The van der Waals surface area contributed by atoms with E-state index in [1.807, 2.05) is 0 Å². The molecule has 0 unspecified atom stereocenters. The van der Waals surface area contributed by atoms with Crippen LogP contribution in [0.3, 0.4) is 0 Å². The molecular formula is C19H24N2OS. The highest BCUT2D eigenvalue weighted by molar-refractivity contribution is 7.13. The maximum Gasteiger partial charge on any atom is 0.119 e. The Balaban J connectivity index is 2.19. The number of fused-ring (bicyclic) bond motifs is 1. The SMILES string of the molecule is COc1cc(C)c2[nH]c(-c3sccc3C)c(CCCCN)c2c1. The van der Waals surface area contributed by atoms with Crippen LogP contribution >= 0.6 is 11.3 Å². The number of rotatable bonds is 6. The van der Waals surface area contributed by atoms with E-state index in [1.165, 1.54) is 38.2 Å². The first-order chi connectivity index (χ1) is 11.2. The summed E-state index contributed by atoms with van der Waals surface area (Å²) in [7, 11) is 1.73. The normalized spacial score (nSPS) is 11.3. The highest BCUT2D eigenvalue weighted by Crippen LogP contribution is 2.38. The van der Waals surface area contributed by atoms with Gasteiger partial charge in [0.15, 0.2) is 0 Å². The highest BCUT2D eigenvalue weighted by atomic mass is 32.1. The zero-order valence-electron chi connectivity index (χ0n) is 14.0. The van der Waals surface area contributed by atoms with Crippen molar-refractivity contribution in [3.05, 3.63) is 40.3 Å². The van der Waals surface area contributed by atoms with E-state index in [-0.39, 0.29) is 0 Å². The smallest absolute Gasteiger partial charge is 0.119 e. The zero-order chi connectivity index (χ0) is 16.4. The number of nitrogens with one attached hydrogen (secondary N) is 1. The number of hydrogen-bond donors (Lipinski definition) is 2. The molecule has 0 aliphatic heterocycles. The third-order valence-corrected chi connectivity index (χ3v) is 5.43. The Bertz CT molecular complexity index is 816. The summed E-state index contributed by atoms with van der Waals surface area (Å²) >= 11 is 1.80. The summed E-state index contributed by atoms with van der Waals surface area (Å²) in [5, 5.41) is 3.44. The Morgan fingerprint density at radius 3 is 2.65 bits per heavy atom. The van der Waals surface area contributed by atoms with Gasteiger partial charge in [-0.2, -0.15) is 0 Å². The van der Waals surface area contributed by atoms with E-state index < -0.39 is 0 Å². The number of aromatic nitrogens is 1. The Labute approximate surface area is 141 Å². The van der Waals surface area contributed by atoms with Crippen LogP contribution in [0.15, 0.2) is 23.6 Å². The summed E-state index contributed by atoms with van der Waals surface area (Å²) in [5.41, 5.74) is 12.1. The average molecular weight is 328 g/mol. The standard InChI is InChI=1S/C19H24N2OS/c1-12-7-9-23-19(12)18-15(6-4-5-8-20)16-11-14(22-3)10-13(2)17(16)21-18/h7,9-11,21H,4-6,8,20H2,1-3H3. The van der Waals surface area contributed by atoms with Crippen molar-refractivity contribution in [2.45, 2.75) is 33.1 Å². The van der Waals surface area contributed by atoms with Crippen molar-refractivity contribution in [1.29, 1.82) is 0 Å². The maximum atomic E-state index is 5.68.